The van der Waals surface area contributed by atoms with Gasteiger partial charge in [-0.1, -0.05) is 24.3 Å². The number of carbonyl (C=O) groups excluding carboxylic acids is 1. The van der Waals surface area contributed by atoms with Crippen molar-refractivity contribution in [1.82, 2.24) is 0 Å². The standard InChI is InChI=1S/C19H19FO4/c1-13(15-6-7-17-18(12-15)23-11-10-22-17)19(21)24-9-8-14-4-2-3-5-16(14)20/h2-7,12-13H,8-11H2,1H3. The van der Waals surface area contributed by atoms with Gasteiger partial charge in [0.1, 0.15) is 19.0 Å². The van der Waals surface area contributed by atoms with Gasteiger partial charge in [0.15, 0.2) is 11.5 Å². The number of hydrogen-bond acceptors (Lipinski definition) is 4. The molecule has 3 rings (SSSR count). The molecule has 1 atom stereocenters. The van der Waals surface area contributed by atoms with Crippen LogP contribution in [0.2, 0.25) is 0 Å². The van der Waals surface area contributed by atoms with Crippen molar-refractivity contribution < 1.29 is 23.4 Å². The van der Waals surface area contributed by atoms with Crippen molar-refractivity contribution in [1.29, 1.82) is 0 Å². The van der Waals surface area contributed by atoms with E-state index in [-0.39, 0.29) is 18.4 Å². The Balaban J connectivity index is 1.57. The van der Waals surface area contributed by atoms with Gasteiger partial charge in [-0.15, -0.1) is 0 Å². The van der Waals surface area contributed by atoms with Gasteiger partial charge in [0.05, 0.1) is 12.5 Å². The van der Waals surface area contributed by atoms with E-state index in [4.69, 9.17) is 14.2 Å². The number of halogens is 1. The van der Waals surface area contributed by atoms with E-state index in [0.29, 0.717) is 36.7 Å². The largest absolute Gasteiger partial charge is 0.486 e. The van der Waals surface area contributed by atoms with Crippen molar-refractivity contribution in [2.24, 2.45) is 0 Å². The van der Waals surface area contributed by atoms with Crippen LogP contribution in [0.5, 0.6) is 11.5 Å². The van der Waals surface area contributed by atoms with Crippen LogP contribution in [0.15, 0.2) is 42.5 Å². The number of fused-ring (bicyclic) bond motifs is 1. The van der Waals surface area contributed by atoms with E-state index in [9.17, 15) is 9.18 Å². The zero-order valence-electron chi connectivity index (χ0n) is 13.5. The first-order chi connectivity index (χ1) is 11.6. The Kier molecular flexibility index (Phi) is 4.99. The van der Waals surface area contributed by atoms with Crippen molar-refractivity contribution in [2.45, 2.75) is 19.3 Å². The molecule has 0 fully saturated rings. The third-order valence-electron chi connectivity index (χ3n) is 3.99. The molecule has 1 aliphatic rings. The van der Waals surface area contributed by atoms with Crippen molar-refractivity contribution >= 4 is 5.97 Å². The second-order valence-electron chi connectivity index (χ2n) is 5.63. The highest BCUT2D eigenvalue weighted by atomic mass is 19.1. The van der Waals surface area contributed by atoms with Crippen LogP contribution in [0, 0.1) is 5.82 Å². The molecule has 1 heterocycles. The van der Waals surface area contributed by atoms with Gasteiger partial charge < -0.3 is 14.2 Å². The Morgan fingerprint density at radius 3 is 2.71 bits per heavy atom. The summed E-state index contributed by atoms with van der Waals surface area (Å²) in [6.07, 6.45) is 0.353. The van der Waals surface area contributed by atoms with E-state index in [1.807, 2.05) is 6.07 Å². The Morgan fingerprint density at radius 2 is 1.92 bits per heavy atom. The van der Waals surface area contributed by atoms with E-state index in [1.54, 1.807) is 37.3 Å². The molecule has 0 spiro atoms. The summed E-state index contributed by atoms with van der Waals surface area (Å²) in [5.41, 5.74) is 1.34. The first-order valence-corrected chi connectivity index (χ1v) is 7.95. The third kappa shape index (κ3) is 3.67. The number of esters is 1. The summed E-state index contributed by atoms with van der Waals surface area (Å²) in [6, 6.07) is 11.9. The lowest BCUT2D eigenvalue weighted by Crippen LogP contribution is -2.17. The highest BCUT2D eigenvalue weighted by molar-refractivity contribution is 5.78. The first-order valence-electron chi connectivity index (χ1n) is 7.95. The SMILES string of the molecule is CC(C(=O)OCCc1ccccc1F)c1ccc2c(c1)OCCO2. The lowest BCUT2D eigenvalue weighted by atomic mass is 10.0. The monoisotopic (exact) mass is 330 g/mol. The van der Waals surface area contributed by atoms with Gasteiger partial charge in [-0.25, -0.2) is 4.39 Å². The fraction of sp³-hybridized carbons (Fsp3) is 0.316. The highest BCUT2D eigenvalue weighted by Gasteiger charge is 2.20. The summed E-state index contributed by atoms with van der Waals surface area (Å²) in [7, 11) is 0. The lowest BCUT2D eigenvalue weighted by Gasteiger charge is -2.20. The zero-order valence-corrected chi connectivity index (χ0v) is 13.5. The maximum Gasteiger partial charge on any atom is 0.313 e. The molecule has 0 amide bonds. The summed E-state index contributed by atoms with van der Waals surface area (Å²) in [6.45, 7) is 2.95. The van der Waals surface area contributed by atoms with Crippen LogP contribution < -0.4 is 9.47 Å². The van der Waals surface area contributed by atoms with Crippen molar-refractivity contribution in [3.63, 3.8) is 0 Å². The molecule has 24 heavy (non-hydrogen) atoms. The molecule has 0 radical (unpaired) electrons. The quantitative estimate of drug-likeness (QED) is 0.787. The topological polar surface area (TPSA) is 44.8 Å². The van der Waals surface area contributed by atoms with Gasteiger partial charge in [-0.3, -0.25) is 4.79 Å². The number of rotatable bonds is 5. The highest BCUT2D eigenvalue weighted by Crippen LogP contribution is 2.33. The van der Waals surface area contributed by atoms with Crippen LogP contribution in [0.1, 0.15) is 24.0 Å². The Hall–Kier alpha value is -2.56. The van der Waals surface area contributed by atoms with E-state index in [1.165, 1.54) is 6.07 Å². The van der Waals surface area contributed by atoms with Crippen LogP contribution in [0.3, 0.4) is 0 Å². The van der Waals surface area contributed by atoms with Gasteiger partial charge in [0.2, 0.25) is 0 Å². The summed E-state index contributed by atoms with van der Waals surface area (Å²) in [4.78, 5) is 12.2. The second kappa shape index (κ2) is 7.34. The van der Waals surface area contributed by atoms with Gasteiger partial charge in [0.25, 0.3) is 0 Å². The number of hydrogen-bond donors (Lipinski definition) is 0. The summed E-state index contributed by atoms with van der Waals surface area (Å²) >= 11 is 0. The summed E-state index contributed by atoms with van der Waals surface area (Å²) in [5.74, 6) is 0.271. The normalized spacial score (nSPS) is 14.1. The molecule has 0 saturated heterocycles. The number of carbonyl (C=O) groups is 1. The molecule has 0 bridgehead atoms. The molecule has 2 aromatic carbocycles. The molecule has 1 unspecified atom stereocenters. The molecule has 0 N–H and O–H groups in total. The first kappa shape index (κ1) is 16.3. The molecule has 0 aliphatic carbocycles. The number of benzene rings is 2. The molecular weight excluding hydrogens is 311 g/mol. The predicted octanol–water partition coefficient (Wildman–Crippen LogP) is 3.49. The van der Waals surface area contributed by atoms with E-state index in [2.05, 4.69) is 0 Å². The minimum atomic E-state index is -0.429. The van der Waals surface area contributed by atoms with Crippen LogP contribution in [-0.4, -0.2) is 25.8 Å². The second-order valence-corrected chi connectivity index (χ2v) is 5.63. The Bertz CT molecular complexity index is 729. The maximum absolute atomic E-state index is 13.5. The predicted molar refractivity (Wildman–Crippen MR) is 86.9 cm³/mol. The van der Waals surface area contributed by atoms with Gasteiger partial charge >= 0.3 is 5.97 Å². The van der Waals surface area contributed by atoms with Crippen LogP contribution >= 0.6 is 0 Å². The molecule has 0 saturated carbocycles. The van der Waals surface area contributed by atoms with E-state index < -0.39 is 5.92 Å². The zero-order chi connectivity index (χ0) is 16.9. The number of ether oxygens (including phenoxy) is 3. The lowest BCUT2D eigenvalue weighted by molar-refractivity contribution is -0.144. The molecule has 4 nitrogen and oxygen atoms in total. The smallest absolute Gasteiger partial charge is 0.313 e. The Labute approximate surface area is 140 Å². The molecule has 126 valence electrons. The molecule has 1 aliphatic heterocycles. The minimum Gasteiger partial charge on any atom is -0.486 e. The molecule has 0 aromatic heterocycles. The van der Waals surface area contributed by atoms with Crippen molar-refractivity contribution in [3.8, 4) is 11.5 Å². The average molecular weight is 330 g/mol. The molecule has 2 aromatic rings. The Morgan fingerprint density at radius 1 is 1.17 bits per heavy atom. The summed E-state index contributed by atoms with van der Waals surface area (Å²) < 4.78 is 29.8. The van der Waals surface area contributed by atoms with E-state index in [0.717, 1.165) is 5.56 Å². The summed E-state index contributed by atoms with van der Waals surface area (Å²) in [5, 5.41) is 0. The van der Waals surface area contributed by atoms with Crippen molar-refractivity contribution in [2.75, 3.05) is 19.8 Å². The van der Waals surface area contributed by atoms with Gasteiger partial charge in [0, 0.05) is 6.42 Å². The minimum absolute atomic E-state index is 0.147. The fourth-order valence-electron chi connectivity index (χ4n) is 2.55. The van der Waals surface area contributed by atoms with E-state index >= 15 is 0 Å². The van der Waals surface area contributed by atoms with Crippen molar-refractivity contribution in [3.05, 3.63) is 59.4 Å². The fourth-order valence-corrected chi connectivity index (χ4v) is 2.55. The van der Waals surface area contributed by atoms with Gasteiger partial charge in [-0.2, -0.15) is 0 Å². The molecular formula is C19H19FO4. The van der Waals surface area contributed by atoms with Crippen LogP contribution in [-0.2, 0) is 16.0 Å². The van der Waals surface area contributed by atoms with Gasteiger partial charge in [-0.05, 0) is 36.2 Å². The van der Waals surface area contributed by atoms with Crippen LogP contribution in [0.4, 0.5) is 4.39 Å². The molecule has 5 heteroatoms. The van der Waals surface area contributed by atoms with Crippen LogP contribution in [0.25, 0.3) is 0 Å². The maximum atomic E-state index is 13.5. The average Bonchev–Trinajstić information content (AvgIpc) is 2.62. The third-order valence-corrected chi connectivity index (χ3v) is 3.99.